The Labute approximate surface area is 123 Å². The van der Waals surface area contributed by atoms with Crippen LogP contribution in [0.15, 0.2) is 22.5 Å². The van der Waals surface area contributed by atoms with Gasteiger partial charge in [0.1, 0.15) is 5.82 Å². The minimum absolute atomic E-state index is 0.00562. The van der Waals surface area contributed by atoms with Crippen LogP contribution in [0, 0.1) is 24.1 Å². The van der Waals surface area contributed by atoms with E-state index in [2.05, 4.69) is 9.71 Å². The molecule has 0 unspecified atom stereocenters. The zero-order chi connectivity index (χ0) is 14.9. The topological polar surface area (TPSA) is 82.9 Å². The summed E-state index contributed by atoms with van der Waals surface area (Å²) < 4.78 is 40.0. The maximum Gasteiger partial charge on any atom is 0.273 e. The third-order valence-electron chi connectivity index (χ3n) is 2.44. The van der Waals surface area contributed by atoms with Crippen LogP contribution in [0.25, 0.3) is 0 Å². The van der Waals surface area contributed by atoms with Crippen molar-refractivity contribution in [1.82, 2.24) is 4.98 Å². The lowest BCUT2D eigenvalue weighted by atomic mass is 10.1. The van der Waals surface area contributed by atoms with Gasteiger partial charge in [-0.2, -0.15) is 5.26 Å². The summed E-state index contributed by atoms with van der Waals surface area (Å²) >= 11 is 6.36. The Morgan fingerprint density at radius 2 is 2.20 bits per heavy atom. The summed E-state index contributed by atoms with van der Waals surface area (Å²) in [6.45, 7) is 1.41. The summed E-state index contributed by atoms with van der Waals surface area (Å²) in [6.07, 6.45) is 1.11. The molecule has 2 aromatic rings. The molecule has 0 saturated carbocycles. The van der Waals surface area contributed by atoms with Crippen LogP contribution in [-0.4, -0.2) is 13.4 Å². The molecule has 0 radical (unpaired) electrons. The fourth-order valence-electron chi connectivity index (χ4n) is 1.41. The summed E-state index contributed by atoms with van der Waals surface area (Å²) in [7, 11) is -3.91. The lowest BCUT2D eigenvalue weighted by Crippen LogP contribution is -2.13. The normalized spacial score (nSPS) is 11.1. The van der Waals surface area contributed by atoms with E-state index in [9.17, 15) is 12.8 Å². The average Bonchev–Trinajstić information content (AvgIpc) is 2.82. The monoisotopic (exact) mass is 331 g/mol. The minimum Gasteiger partial charge on any atom is -0.278 e. The Bertz CT molecular complexity index is 812. The Hall–Kier alpha value is -1.69. The molecule has 5 nitrogen and oxygen atoms in total. The highest BCUT2D eigenvalue weighted by atomic mass is 35.5. The van der Waals surface area contributed by atoms with Gasteiger partial charge in [0.2, 0.25) is 0 Å². The Kier molecular flexibility index (Phi) is 3.94. The van der Waals surface area contributed by atoms with Gasteiger partial charge < -0.3 is 0 Å². The van der Waals surface area contributed by atoms with Gasteiger partial charge in [0, 0.05) is 5.56 Å². The highest BCUT2D eigenvalue weighted by molar-refractivity contribution is 7.94. The molecule has 1 aromatic heterocycles. The van der Waals surface area contributed by atoms with E-state index >= 15 is 0 Å². The smallest absolute Gasteiger partial charge is 0.273 e. The molecular formula is C11H7ClFN3O2S2. The first-order valence-corrected chi connectivity index (χ1v) is 7.85. The molecule has 0 saturated heterocycles. The van der Waals surface area contributed by atoms with E-state index in [1.807, 2.05) is 0 Å². The van der Waals surface area contributed by atoms with Crippen LogP contribution in [0.3, 0.4) is 0 Å². The van der Waals surface area contributed by atoms with Crippen LogP contribution in [-0.2, 0) is 10.0 Å². The van der Waals surface area contributed by atoms with Gasteiger partial charge in [0.05, 0.1) is 23.5 Å². The van der Waals surface area contributed by atoms with Gasteiger partial charge in [-0.15, -0.1) is 0 Å². The average molecular weight is 332 g/mol. The van der Waals surface area contributed by atoms with Crippen LogP contribution >= 0.6 is 22.9 Å². The van der Waals surface area contributed by atoms with Crippen molar-refractivity contribution in [2.75, 3.05) is 4.72 Å². The summed E-state index contributed by atoms with van der Waals surface area (Å²) in [6, 6.07) is 4.06. The predicted molar refractivity (Wildman–Crippen MR) is 73.8 cm³/mol. The highest BCUT2D eigenvalue weighted by Crippen LogP contribution is 2.27. The molecule has 0 atom stereocenters. The van der Waals surface area contributed by atoms with Crippen LogP contribution in [0.5, 0.6) is 0 Å². The van der Waals surface area contributed by atoms with E-state index in [4.69, 9.17) is 16.9 Å². The number of hydrogen-bond acceptors (Lipinski definition) is 5. The summed E-state index contributed by atoms with van der Waals surface area (Å²) in [5.41, 5.74) is 0.127. The van der Waals surface area contributed by atoms with Crippen molar-refractivity contribution in [1.29, 1.82) is 5.26 Å². The lowest BCUT2D eigenvalue weighted by Gasteiger charge is -2.10. The van der Waals surface area contributed by atoms with Gasteiger partial charge in [-0.1, -0.05) is 22.9 Å². The van der Waals surface area contributed by atoms with Gasteiger partial charge in [0.25, 0.3) is 10.0 Å². The fraction of sp³-hybridized carbons (Fsp3) is 0.0909. The number of anilines is 1. The zero-order valence-corrected chi connectivity index (χ0v) is 12.4. The van der Waals surface area contributed by atoms with Crippen molar-refractivity contribution >= 4 is 38.6 Å². The number of nitrogens with one attached hydrogen (secondary N) is 1. The molecule has 0 aliphatic rings. The molecule has 1 aromatic carbocycles. The quantitative estimate of drug-likeness (QED) is 0.937. The molecule has 0 aliphatic carbocycles. The first kappa shape index (κ1) is 14.7. The van der Waals surface area contributed by atoms with E-state index in [0.29, 0.717) is 0 Å². The Balaban J connectivity index is 2.45. The largest absolute Gasteiger partial charge is 0.278 e. The number of nitrogens with zero attached hydrogens (tertiary/aromatic N) is 2. The number of hydrogen-bond donors (Lipinski definition) is 1. The highest BCUT2D eigenvalue weighted by Gasteiger charge is 2.20. The standard InChI is InChI=1S/C11H7ClFN3O2S2/c1-6-8(13)2-7(4-14)3-9(6)16-20(17,18)10-5-15-11(12)19-10/h2-3,5,16H,1H3. The minimum atomic E-state index is -3.91. The van der Waals surface area contributed by atoms with Gasteiger partial charge in [-0.05, 0) is 19.1 Å². The molecule has 0 spiro atoms. The summed E-state index contributed by atoms with van der Waals surface area (Å²) in [5.74, 6) is -0.663. The molecular weight excluding hydrogens is 325 g/mol. The lowest BCUT2D eigenvalue weighted by molar-refractivity contribution is 0.602. The summed E-state index contributed by atoms with van der Waals surface area (Å²) in [5, 5.41) is 8.78. The van der Waals surface area contributed by atoms with Gasteiger partial charge in [-0.3, -0.25) is 4.72 Å². The fourth-order valence-corrected chi connectivity index (χ4v) is 3.81. The molecule has 9 heteroatoms. The number of halogens is 2. The molecule has 104 valence electrons. The molecule has 0 fully saturated rings. The van der Waals surface area contributed by atoms with E-state index in [-0.39, 0.29) is 25.5 Å². The van der Waals surface area contributed by atoms with E-state index in [1.165, 1.54) is 13.0 Å². The Morgan fingerprint density at radius 3 is 2.75 bits per heavy atom. The number of sulfonamides is 1. The van der Waals surface area contributed by atoms with Crippen molar-refractivity contribution in [3.05, 3.63) is 39.7 Å². The van der Waals surface area contributed by atoms with Crippen LogP contribution < -0.4 is 4.72 Å². The molecule has 2 rings (SSSR count). The van der Waals surface area contributed by atoms with Gasteiger partial charge in [-0.25, -0.2) is 17.8 Å². The second-order valence-electron chi connectivity index (χ2n) is 3.78. The van der Waals surface area contributed by atoms with Crippen LogP contribution in [0.4, 0.5) is 10.1 Å². The predicted octanol–water partition coefficient (Wildman–Crippen LogP) is 2.92. The first-order valence-electron chi connectivity index (χ1n) is 5.18. The van der Waals surface area contributed by atoms with Crippen molar-refractivity contribution in [2.24, 2.45) is 0 Å². The maximum atomic E-state index is 13.6. The maximum absolute atomic E-state index is 13.6. The number of thiazole rings is 1. The number of rotatable bonds is 3. The van der Waals surface area contributed by atoms with Crippen LogP contribution in [0.2, 0.25) is 4.47 Å². The zero-order valence-electron chi connectivity index (χ0n) is 10.0. The Morgan fingerprint density at radius 1 is 1.50 bits per heavy atom. The van der Waals surface area contributed by atoms with Crippen LogP contribution in [0.1, 0.15) is 11.1 Å². The van der Waals surface area contributed by atoms with Crippen molar-refractivity contribution in [3.8, 4) is 6.07 Å². The van der Waals surface area contributed by atoms with Crippen molar-refractivity contribution in [2.45, 2.75) is 11.1 Å². The third-order valence-corrected chi connectivity index (χ3v) is 5.38. The molecule has 20 heavy (non-hydrogen) atoms. The molecule has 1 N–H and O–H groups in total. The summed E-state index contributed by atoms with van der Waals surface area (Å²) in [4.78, 5) is 3.64. The number of nitriles is 1. The molecule has 0 aliphatic heterocycles. The van der Waals surface area contributed by atoms with E-state index in [1.54, 1.807) is 6.07 Å². The molecule has 0 bridgehead atoms. The number of benzene rings is 1. The first-order chi connectivity index (χ1) is 9.33. The third kappa shape index (κ3) is 2.90. The molecule has 0 amide bonds. The second-order valence-corrected chi connectivity index (χ2v) is 7.30. The van der Waals surface area contributed by atoms with Crippen molar-refractivity contribution < 1.29 is 12.8 Å². The van der Waals surface area contributed by atoms with Gasteiger partial charge >= 0.3 is 0 Å². The number of aromatic nitrogens is 1. The molecule has 1 heterocycles. The second kappa shape index (κ2) is 5.36. The van der Waals surface area contributed by atoms with E-state index in [0.717, 1.165) is 23.6 Å². The SMILES string of the molecule is Cc1c(F)cc(C#N)cc1NS(=O)(=O)c1cnc(Cl)s1. The van der Waals surface area contributed by atoms with Crippen molar-refractivity contribution in [3.63, 3.8) is 0 Å². The van der Waals surface area contributed by atoms with E-state index < -0.39 is 15.8 Å². The van der Waals surface area contributed by atoms with Gasteiger partial charge in [0.15, 0.2) is 8.68 Å².